The van der Waals surface area contributed by atoms with Gasteiger partial charge < -0.3 is 24.8 Å². The first-order valence-electron chi connectivity index (χ1n) is 8.12. The molecule has 2 heterocycles. The van der Waals surface area contributed by atoms with E-state index in [0.717, 1.165) is 32.1 Å². The molecule has 1 amide bonds. The number of carbonyl (C=O) groups is 1. The van der Waals surface area contributed by atoms with E-state index in [1.807, 2.05) is 0 Å². The summed E-state index contributed by atoms with van der Waals surface area (Å²) in [5, 5.41) is 6.71. The van der Waals surface area contributed by atoms with E-state index in [9.17, 15) is 4.79 Å². The topological polar surface area (TPSA) is 60.4 Å². The van der Waals surface area contributed by atoms with Crippen LogP contribution in [0.25, 0.3) is 0 Å². The van der Waals surface area contributed by atoms with Crippen molar-refractivity contribution in [1.82, 2.24) is 15.1 Å². The first-order chi connectivity index (χ1) is 11.6. The van der Waals surface area contributed by atoms with Crippen molar-refractivity contribution in [1.29, 1.82) is 0 Å². The number of anilines is 1. The van der Waals surface area contributed by atoms with Crippen LogP contribution >= 0.6 is 11.3 Å². The molecule has 0 unspecified atom stereocenters. The summed E-state index contributed by atoms with van der Waals surface area (Å²) >= 11 is 1.77. The van der Waals surface area contributed by atoms with E-state index in [4.69, 9.17) is 4.74 Å². The molecule has 1 aliphatic heterocycles. The number of hydrogen-bond acceptors (Lipinski definition) is 5. The highest BCUT2D eigenvalue weighted by molar-refractivity contribution is 7.14. The van der Waals surface area contributed by atoms with Crippen LogP contribution in [-0.4, -0.2) is 88.7 Å². The van der Waals surface area contributed by atoms with E-state index in [2.05, 4.69) is 37.6 Å². The molecular weight excluding hydrogens is 326 g/mol. The molecule has 7 nitrogen and oxygen atoms in total. The highest BCUT2D eigenvalue weighted by atomic mass is 32.1. The summed E-state index contributed by atoms with van der Waals surface area (Å²) in [4.78, 5) is 22.5. The molecule has 1 aromatic heterocycles. The van der Waals surface area contributed by atoms with Gasteiger partial charge >= 0.3 is 0 Å². The summed E-state index contributed by atoms with van der Waals surface area (Å²) < 4.78 is 5.09. The smallest absolute Gasteiger partial charge is 0.243 e. The van der Waals surface area contributed by atoms with Gasteiger partial charge in [0.25, 0.3) is 0 Å². The molecule has 2 rings (SSSR count). The molecule has 24 heavy (non-hydrogen) atoms. The molecule has 0 bridgehead atoms. The van der Waals surface area contributed by atoms with Gasteiger partial charge in [0.05, 0.1) is 11.6 Å². The lowest BCUT2D eigenvalue weighted by Crippen LogP contribution is -2.53. The zero-order valence-electron chi connectivity index (χ0n) is 14.7. The normalized spacial score (nSPS) is 15.5. The molecule has 1 aliphatic rings. The lowest BCUT2D eigenvalue weighted by atomic mass is 10.3. The molecule has 1 saturated heterocycles. The number of aliphatic imine (C=N–C) groups is 1. The van der Waals surface area contributed by atoms with Gasteiger partial charge in [-0.15, -0.1) is 11.3 Å². The zero-order chi connectivity index (χ0) is 17.4. The maximum Gasteiger partial charge on any atom is 0.243 e. The highest BCUT2D eigenvalue weighted by Gasteiger charge is 2.20. The van der Waals surface area contributed by atoms with Gasteiger partial charge in [-0.3, -0.25) is 4.79 Å². The SMILES string of the molecule is COCCNC(=NCC(=O)N(C)C)N1CCN(c2cccs2)CC1. The summed E-state index contributed by atoms with van der Waals surface area (Å²) in [6.45, 7) is 5.11. The minimum Gasteiger partial charge on any atom is -0.383 e. The van der Waals surface area contributed by atoms with Gasteiger partial charge in [-0.25, -0.2) is 4.99 Å². The molecule has 0 spiro atoms. The van der Waals surface area contributed by atoms with Crippen LogP contribution in [0.15, 0.2) is 22.5 Å². The Bertz CT molecular complexity index is 525. The average Bonchev–Trinajstić information content (AvgIpc) is 3.12. The molecule has 1 N–H and O–H groups in total. The zero-order valence-corrected chi connectivity index (χ0v) is 15.5. The second-order valence-corrected chi connectivity index (χ2v) is 6.70. The van der Waals surface area contributed by atoms with Crippen LogP contribution < -0.4 is 10.2 Å². The molecule has 0 saturated carbocycles. The second kappa shape index (κ2) is 9.48. The first kappa shape index (κ1) is 18.5. The minimum absolute atomic E-state index is 0.00161. The van der Waals surface area contributed by atoms with Gasteiger partial charge in [-0.05, 0) is 17.5 Å². The Kier molecular flexibility index (Phi) is 7.33. The molecule has 0 radical (unpaired) electrons. The van der Waals surface area contributed by atoms with Crippen molar-refractivity contribution >= 4 is 28.2 Å². The van der Waals surface area contributed by atoms with Crippen LogP contribution in [0, 0.1) is 0 Å². The number of methoxy groups -OCH3 is 1. The number of rotatable bonds is 6. The molecule has 1 fully saturated rings. The largest absolute Gasteiger partial charge is 0.383 e. The Labute approximate surface area is 147 Å². The van der Waals surface area contributed by atoms with Crippen LogP contribution in [0.2, 0.25) is 0 Å². The van der Waals surface area contributed by atoms with Crippen molar-refractivity contribution in [3.8, 4) is 0 Å². The number of amides is 1. The Hall–Kier alpha value is -1.80. The number of nitrogens with zero attached hydrogens (tertiary/aromatic N) is 4. The Balaban J connectivity index is 1.93. The number of hydrogen-bond donors (Lipinski definition) is 1. The van der Waals surface area contributed by atoms with E-state index >= 15 is 0 Å². The number of nitrogens with one attached hydrogen (secondary N) is 1. The maximum atomic E-state index is 11.8. The first-order valence-corrected chi connectivity index (χ1v) is 9.00. The van der Waals surface area contributed by atoms with Gasteiger partial charge in [0.1, 0.15) is 6.54 Å². The Morgan fingerprint density at radius 1 is 1.38 bits per heavy atom. The molecule has 0 aromatic carbocycles. The number of carbonyl (C=O) groups excluding carboxylic acids is 1. The summed E-state index contributed by atoms with van der Waals surface area (Å²) in [6.07, 6.45) is 0. The summed E-state index contributed by atoms with van der Waals surface area (Å²) in [5.74, 6) is 0.784. The number of piperazine rings is 1. The summed E-state index contributed by atoms with van der Waals surface area (Å²) in [6, 6.07) is 4.24. The van der Waals surface area contributed by atoms with Crippen molar-refractivity contribution in [2.75, 3.05) is 72.0 Å². The van der Waals surface area contributed by atoms with E-state index in [0.29, 0.717) is 13.2 Å². The monoisotopic (exact) mass is 353 g/mol. The number of ether oxygens (including phenoxy) is 1. The lowest BCUT2D eigenvalue weighted by Gasteiger charge is -2.37. The van der Waals surface area contributed by atoms with Crippen LogP contribution in [0.5, 0.6) is 0 Å². The molecular formula is C16H27N5O2S. The molecule has 134 valence electrons. The van der Waals surface area contributed by atoms with E-state index < -0.39 is 0 Å². The van der Waals surface area contributed by atoms with Crippen LogP contribution in [-0.2, 0) is 9.53 Å². The fraction of sp³-hybridized carbons (Fsp3) is 0.625. The van der Waals surface area contributed by atoms with Gasteiger partial charge in [-0.1, -0.05) is 0 Å². The number of thiophene rings is 1. The third-order valence-corrected chi connectivity index (χ3v) is 4.78. The van der Waals surface area contributed by atoms with E-state index in [-0.39, 0.29) is 12.5 Å². The Morgan fingerprint density at radius 2 is 2.12 bits per heavy atom. The highest BCUT2D eigenvalue weighted by Crippen LogP contribution is 2.22. The molecule has 0 atom stereocenters. The second-order valence-electron chi connectivity index (χ2n) is 5.77. The van der Waals surface area contributed by atoms with Crippen molar-refractivity contribution in [3.05, 3.63) is 17.5 Å². The van der Waals surface area contributed by atoms with Gasteiger partial charge in [0, 0.05) is 53.9 Å². The van der Waals surface area contributed by atoms with Crippen molar-refractivity contribution in [2.45, 2.75) is 0 Å². The van der Waals surface area contributed by atoms with Crippen LogP contribution in [0.3, 0.4) is 0 Å². The van der Waals surface area contributed by atoms with Crippen molar-refractivity contribution in [3.63, 3.8) is 0 Å². The predicted molar refractivity (Wildman–Crippen MR) is 99.0 cm³/mol. The predicted octanol–water partition coefficient (Wildman–Crippen LogP) is 0.550. The van der Waals surface area contributed by atoms with Crippen LogP contribution in [0.4, 0.5) is 5.00 Å². The van der Waals surface area contributed by atoms with Crippen molar-refractivity contribution in [2.24, 2.45) is 4.99 Å². The third kappa shape index (κ3) is 5.38. The fourth-order valence-corrected chi connectivity index (χ4v) is 3.19. The number of guanidine groups is 1. The van der Waals surface area contributed by atoms with E-state index in [1.54, 1.807) is 37.4 Å². The van der Waals surface area contributed by atoms with Crippen molar-refractivity contribution < 1.29 is 9.53 Å². The van der Waals surface area contributed by atoms with E-state index in [1.165, 1.54) is 5.00 Å². The van der Waals surface area contributed by atoms with Gasteiger partial charge in [0.2, 0.25) is 5.91 Å². The molecule has 1 aromatic rings. The minimum atomic E-state index is -0.00161. The number of likely N-dealkylation sites (N-methyl/N-ethyl adjacent to an activating group) is 1. The lowest BCUT2D eigenvalue weighted by molar-refractivity contribution is -0.127. The fourth-order valence-electron chi connectivity index (χ4n) is 2.41. The molecule has 0 aliphatic carbocycles. The standard InChI is InChI=1S/C16H27N5O2S/c1-19(2)14(22)13-18-16(17-6-11-23-3)21-9-7-20(8-10-21)15-5-4-12-24-15/h4-5,12H,6-11,13H2,1-3H3,(H,17,18). The van der Waals surface area contributed by atoms with Gasteiger partial charge in [-0.2, -0.15) is 0 Å². The summed E-state index contributed by atoms with van der Waals surface area (Å²) in [5.41, 5.74) is 0. The third-order valence-electron chi connectivity index (χ3n) is 3.85. The molecule has 8 heteroatoms. The maximum absolute atomic E-state index is 11.8. The average molecular weight is 353 g/mol. The van der Waals surface area contributed by atoms with Gasteiger partial charge in [0.15, 0.2) is 5.96 Å². The quantitative estimate of drug-likeness (QED) is 0.460. The van der Waals surface area contributed by atoms with Crippen LogP contribution in [0.1, 0.15) is 0 Å². The summed E-state index contributed by atoms with van der Waals surface area (Å²) in [7, 11) is 5.17. The Morgan fingerprint density at radius 3 is 2.71 bits per heavy atom.